The van der Waals surface area contributed by atoms with Gasteiger partial charge in [0.25, 0.3) is 0 Å². The van der Waals surface area contributed by atoms with Crippen LogP contribution in [0.15, 0.2) is 42.5 Å². The van der Waals surface area contributed by atoms with Crippen molar-refractivity contribution in [2.45, 2.75) is 32.2 Å². The highest BCUT2D eigenvalue weighted by molar-refractivity contribution is 5.93. The molecule has 3 N–H and O–H groups in total. The number of amides is 2. The minimum atomic E-state index is -0.393. The molecule has 0 aliphatic heterocycles. The summed E-state index contributed by atoms with van der Waals surface area (Å²) < 4.78 is 0. The van der Waals surface area contributed by atoms with Crippen molar-refractivity contribution in [1.29, 1.82) is 0 Å². The number of aliphatic hydroxyl groups is 1. The van der Waals surface area contributed by atoms with Gasteiger partial charge in [-0.05, 0) is 42.7 Å². The van der Waals surface area contributed by atoms with Crippen molar-refractivity contribution in [2.24, 2.45) is 0 Å². The summed E-state index contributed by atoms with van der Waals surface area (Å²) in [6.45, 7) is 3.98. The van der Waals surface area contributed by atoms with Crippen molar-refractivity contribution in [3.8, 4) is 0 Å². The molecule has 1 atom stereocenters. The molecule has 0 radical (unpaired) electrons. The molecule has 112 valence electrons. The van der Waals surface area contributed by atoms with E-state index in [0.29, 0.717) is 6.42 Å². The second kappa shape index (κ2) is 6.59. The van der Waals surface area contributed by atoms with E-state index in [4.69, 9.17) is 5.11 Å². The van der Waals surface area contributed by atoms with Crippen LogP contribution in [-0.4, -0.2) is 23.3 Å². The third kappa shape index (κ3) is 3.95. The number of benzene rings is 2. The number of rotatable bonds is 5. The predicted octanol–water partition coefficient (Wildman–Crippen LogP) is 3.51. The summed E-state index contributed by atoms with van der Waals surface area (Å²) in [4.78, 5) is 12.1. The first kappa shape index (κ1) is 15.3. The molecule has 0 saturated heterocycles. The van der Waals surface area contributed by atoms with Crippen LogP contribution in [-0.2, 0) is 0 Å². The fourth-order valence-electron chi connectivity index (χ4n) is 2.28. The lowest BCUT2D eigenvalue weighted by Gasteiger charge is -2.29. The first-order chi connectivity index (χ1) is 10.1. The number of fused-ring (bicyclic) bond motifs is 1. The van der Waals surface area contributed by atoms with Crippen molar-refractivity contribution in [3.63, 3.8) is 0 Å². The molecule has 0 fully saturated rings. The average molecular weight is 286 g/mol. The molecule has 0 spiro atoms. The van der Waals surface area contributed by atoms with Gasteiger partial charge in [-0.25, -0.2) is 4.79 Å². The topological polar surface area (TPSA) is 61.4 Å². The highest BCUT2D eigenvalue weighted by atomic mass is 16.3. The van der Waals surface area contributed by atoms with Gasteiger partial charge in [-0.3, -0.25) is 0 Å². The Balaban J connectivity index is 2.07. The van der Waals surface area contributed by atoms with Gasteiger partial charge in [-0.2, -0.15) is 0 Å². The molecule has 0 aromatic heterocycles. The van der Waals surface area contributed by atoms with E-state index in [9.17, 15) is 4.79 Å². The highest BCUT2D eigenvalue weighted by Gasteiger charge is 2.23. The highest BCUT2D eigenvalue weighted by Crippen LogP contribution is 2.19. The summed E-state index contributed by atoms with van der Waals surface area (Å²) in [6, 6.07) is 13.6. The van der Waals surface area contributed by atoms with E-state index < -0.39 is 5.54 Å². The molecule has 0 aliphatic rings. The Kier molecular flexibility index (Phi) is 4.81. The number of anilines is 1. The van der Waals surface area contributed by atoms with Gasteiger partial charge in [0.05, 0.1) is 0 Å². The van der Waals surface area contributed by atoms with Crippen molar-refractivity contribution in [2.75, 3.05) is 11.9 Å². The van der Waals surface area contributed by atoms with Crippen LogP contribution < -0.4 is 10.6 Å². The van der Waals surface area contributed by atoms with Crippen molar-refractivity contribution in [1.82, 2.24) is 5.32 Å². The van der Waals surface area contributed by atoms with E-state index in [1.807, 2.05) is 56.3 Å². The molecule has 0 aliphatic carbocycles. The normalized spacial score (nSPS) is 13.7. The van der Waals surface area contributed by atoms with E-state index in [-0.39, 0.29) is 12.6 Å². The fourth-order valence-corrected chi connectivity index (χ4v) is 2.28. The van der Waals surface area contributed by atoms with Crippen LogP contribution in [0.4, 0.5) is 10.5 Å². The molecule has 0 heterocycles. The maximum atomic E-state index is 12.1. The second-order valence-electron chi connectivity index (χ2n) is 5.53. The maximum Gasteiger partial charge on any atom is 0.319 e. The summed E-state index contributed by atoms with van der Waals surface area (Å²) in [7, 11) is 0. The molecule has 2 amide bonds. The summed E-state index contributed by atoms with van der Waals surface area (Å²) in [5.41, 5.74) is 0.365. The predicted molar refractivity (Wildman–Crippen MR) is 86.5 cm³/mol. The van der Waals surface area contributed by atoms with E-state index in [1.165, 1.54) is 0 Å². The third-order valence-corrected chi connectivity index (χ3v) is 3.87. The van der Waals surface area contributed by atoms with Crippen LogP contribution in [0.25, 0.3) is 10.8 Å². The maximum absolute atomic E-state index is 12.1. The van der Waals surface area contributed by atoms with Crippen LogP contribution >= 0.6 is 0 Å². The Morgan fingerprint density at radius 2 is 1.90 bits per heavy atom. The summed E-state index contributed by atoms with van der Waals surface area (Å²) in [5.74, 6) is 0. The zero-order valence-corrected chi connectivity index (χ0v) is 12.5. The number of urea groups is 1. The van der Waals surface area contributed by atoms with E-state index >= 15 is 0 Å². The summed E-state index contributed by atoms with van der Waals surface area (Å²) in [5, 5.41) is 17.1. The van der Waals surface area contributed by atoms with Gasteiger partial charge in [0.2, 0.25) is 0 Å². The van der Waals surface area contributed by atoms with Crippen LogP contribution in [0, 0.1) is 0 Å². The Bertz CT molecular complexity index is 627. The summed E-state index contributed by atoms with van der Waals surface area (Å²) >= 11 is 0. The SMILES string of the molecule is CCC(C)(CCO)NC(=O)Nc1ccc2ccccc2c1. The van der Waals surface area contributed by atoms with Crippen LogP contribution in [0.5, 0.6) is 0 Å². The lowest BCUT2D eigenvalue weighted by atomic mass is 9.95. The second-order valence-corrected chi connectivity index (χ2v) is 5.53. The minimum Gasteiger partial charge on any atom is -0.396 e. The molecule has 2 aromatic rings. The molecule has 4 nitrogen and oxygen atoms in total. The number of carbonyl (C=O) groups excluding carboxylic acids is 1. The monoisotopic (exact) mass is 286 g/mol. The standard InChI is InChI=1S/C17H22N2O2/c1-3-17(2,10-11-20)19-16(21)18-15-9-8-13-6-4-5-7-14(13)12-15/h4-9,12,20H,3,10-11H2,1-2H3,(H2,18,19,21). The summed E-state index contributed by atoms with van der Waals surface area (Å²) in [6.07, 6.45) is 1.30. The average Bonchev–Trinajstić information content (AvgIpc) is 2.47. The van der Waals surface area contributed by atoms with E-state index in [1.54, 1.807) is 0 Å². The van der Waals surface area contributed by atoms with E-state index in [2.05, 4.69) is 10.6 Å². The van der Waals surface area contributed by atoms with Gasteiger partial charge in [-0.1, -0.05) is 37.3 Å². The quantitative estimate of drug-likeness (QED) is 0.787. The molecule has 0 bridgehead atoms. The molecular formula is C17H22N2O2. The van der Waals surface area contributed by atoms with Gasteiger partial charge in [0, 0.05) is 17.8 Å². The van der Waals surface area contributed by atoms with Crippen molar-refractivity contribution < 1.29 is 9.90 Å². The van der Waals surface area contributed by atoms with Crippen LogP contribution in [0.3, 0.4) is 0 Å². The zero-order chi connectivity index (χ0) is 15.3. The van der Waals surface area contributed by atoms with Gasteiger partial charge in [-0.15, -0.1) is 0 Å². The van der Waals surface area contributed by atoms with Gasteiger partial charge in [0.1, 0.15) is 0 Å². The zero-order valence-electron chi connectivity index (χ0n) is 12.5. The van der Waals surface area contributed by atoms with Gasteiger partial charge >= 0.3 is 6.03 Å². The Morgan fingerprint density at radius 3 is 2.57 bits per heavy atom. The molecule has 21 heavy (non-hydrogen) atoms. The number of hydrogen-bond acceptors (Lipinski definition) is 2. The number of hydrogen-bond donors (Lipinski definition) is 3. The van der Waals surface area contributed by atoms with Gasteiger partial charge < -0.3 is 15.7 Å². The Labute approximate surface area is 125 Å². The van der Waals surface area contributed by atoms with Crippen molar-refractivity contribution >= 4 is 22.5 Å². The lowest BCUT2D eigenvalue weighted by molar-refractivity contribution is 0.208. The third-order valence-electron chi connectivity index (χ3n) is 3.87. The molecular weight excluding hydrogens is 264 g/mol. The first-order valence-electron chi connectivity index (χ1n) is 7.25. The molecule has 1 unspecified atom stereocenters. The smallest absolute Gasteiger partial charge is 0.319 e. The Morgan fingerprint density at radius 1 is 1.19 bits per heavy atom. The van der Waals surface area contributed by atoms with Gasteiger partial charge in [0.15, 0.2) is 0 Å². The largest absolute Gasteiger partial charge is 0.396 e. The lowest BCUT2D eigenvalue weighted by Crippen LogP contribution is -2.48. The Hall–Kier alpha value is -2.07. The molecule has 2 aromatic carbocycles. The number of carbonyl (C=O) groups is 1. The van der Waals surface area contributed by atoms with Crippen LogP contribution in [0.1, 0.15) is 26.7 Å². The molecule has 0 saturated carbocycles. The van der Waals surface area contributed by atoms with Crippen molar-refractivity contribution in [3.05, 3.63) is 42.5 Å². The first-order valence-corrected chi connectivity index (χ1v) is 7.25. The van der Waals surface area contributed by atoms with Crippen LogP contribution in [0.2, 0.25) is 0 Å². The molecule has 4 heteroatoms. The van der Waals surface area contributed by atoms with E-state index in [0.717, 1.165) is 22.9 Å². The number of aliphatic hydroxyl groups excluding tert-OH is 1. The fraction of sp³-hybridized carbons (Fsp3) is 0.353. The minimum absolute atomic E-state index is 0.0561. The molecule has 2 rings (SSSR count). The number of nitrogens with one attached hydrogen (secondary N) is 2.